The summed E-state index contributed by atoms with van der Waals surface area (Å²) in [5, 5.41) is 10.5. The van der Waals surface area contributed by atoms with Gasteiger partial charge in [-0.15, -0.1) is 0 Å². The van der Waals surface area contributed by atoms with Gasteiger partial charge in [-0.1, -0.05) is 18.2 Å². The lowest BCUT2D eigenvalue weighted by Gasteiger charge is -1.95. The van der Waals surface area contributed by atoms with Crippen molar-refractivity contribution >= 4 is 5.70 Å². The SMILES string of the molecule is C/C=C(/c1ccccc1)[N+](=O)[O-]. The third kappa shape index (κ3) is 1.69. The first-order chi connectivity index (χ1) is 5.75. The Morgan fingerprint density at radius 3 is 2.42 bits per heavy atom. The van der Waals surface area contributed by atoms with Crippen LogP contribution in [0.3, 0.4) is 0 Å². The van der Waals surface area contributed by atoms with Gasteiger partial charge < -0.3 is 0 Å². The second kappa shape index (κ2) is 3.67. The summed E-state index contributed by atoms with van der Waals surface area (Å²) in [5.41, 5.74) is 0.792. The standard InChI is InChI=1S/C9H9NO2/c1-2-9(10(11)12)8-6-4-3-5-7-8/h2-7H,1H3/b9-2-. The average Bonchev–Trinajstić information content (AvgIpc) is 2.07. The fraction of sp³-hybridized carbons (Fsp3) is 0.111. The van der Waals surface area contributed by atoms with Crippen LogP contribution >= 0.6 is 0 Å². The number of benzene rings is 1. The molecule has 0 fully saturated rings. The summed E-state index contributed by atoms with van der Waals surface area (Å²) < 4.78 is 0. The lowest BCUT2D eigenvalue weighted by atomic mass is 10.1. The Bertz CT molecular complexity index is 304. The molecule has 1 aromatic carbocycles. The van der Waals surface area contributed by atoms with E-state index in [0.717, 1.165) is 0 Å². The monoisotopic (exact) mass is 163 g/mol. The zero-order valence-electron chi connectivity index (χ0n) is 6.73. The maximum Gasteiger partial charge on any atom is 0.272 e. The summed E-state index contributed by atoms with van der Waals surface area (Å²) in [7, 11) is 0. The Morgan fingerprint density at radius 2 is 2.00 bits per heavy atom. The van der Waals surface area contributed by atoms with Crippen molar-refractivity contribution in [3.63, 3.8) is 0 Å². The minimum Gasteiger partial charge on any atom is -0.258 e. The third-order valence-electron chi connectivity index (χ3n) is 1.54. The number of hydrogen-bond donors (Lipinski definition) is 0. The quantitative estimate of drug-likeness (QED) is 0.496. The topological polar surface area (TPSA) is 43.1 Å². The van der Waals surface area contributed by atoms with Crippen LogP contribution in [-0.2, 0) is 0 Å². The zero-order valence-corrected chi connectivity index (χ0v) is 6.73. The normalized spacial score (nSPS) is 11.2. The molecule has 0 saturated heterocycles. The molecule has 0 aliphatic carbocycles. The molecule has 0 aromatic heterocycles. The number of nitro groups is 1. The van der Waals surface area contributed by atoms with Gasteiger partial charge in [0.1, 0.15) is 0 Å². The van der Waals surface area contributed by atoms with Gasteiger partial charge in [-0.3, -0.25) is 10.1 Å². The first-order valence-corrected chi connectivity index (χ1v) is 3.62. The molecule has 0 bridgehead atoms. The molecule has 0 amide bonds. The number of nitrogens with zero attached hydrogens (tertiary/aromatic N) is 1. The second-order valence-corrected chi connectivity index (χ2v) is 2.30. The summed E-state index contributed by atoms with van der Waals surface area (Å²) in [4.78, 5) is 10.1. The number of allylic oxidation sites excluding steroid dienone is 1. The fourth-order valence-electron chi connectivity index (χ4n) is 0.986. The van der Waals surface area contributed by atoms with Crippen molar-refractivity contribution in [3.05, 3.63) is 52.1 Å². The summed E-state index contributed by atoms with van der Waals surface area (Å²) in [5.74, 6) is 0. The van der Waals surface area contributed by atoms with Crippen molar-refractivity contribution in [2.75, 3.05) is 0 Å². The third-order valence-corrected chi connectivity index (χ3v) is 1.54. The second-order valence-electron chi connectivity index (χ2n) is 2.30. The van der Waals surface area contributed by atoms with Crippen LogP contribution in [0.25, 0.3) is 5.70 Å². The molecule has 0 atom stereocenters. The minimum atomic E-state index is -0.380. The van der Waals surface area contributed by atoms with Crippen molar-refractivity contribution in [2.45, 2.75) is 6.92 Å². The van der Waals surface area contributed by atoms with E-state index >= 15 is 0 Å². The Labute approximate surface area is 70.5 Å². The zero-order chi connectivity index (χ0) is 8.97. The van der Waals surface area contributed by atoms with Gasteiger partial charge in [-0.2, -0.15) is 0 Å². The van der Waals surface area contributed by atoms with E-state index in [9.17, 15) is 10.1 Å². The van der Waals surface area contributed by atoms with E-state index in [0.29, 0.717) is 5.56 Å². The molecular formula is C9H9NO2. The van der Waals surface area contributed by atoms with E-state index in [1.165, 1.54) is 6.08 Å². The molecule has 62 valence electrons. The number of rotatable bonds is 2. The lowest BCUT2D eigenvalue weighted by Crippen LogP contribution is -1.96. The molecule has 0 unspecified atom stereocenters. The van der Waals surface area contributed by atoms with Crippen LogP contribution in [0.2, 0.25) is 0 Å². The van der Waals surface area contributed by atoms with Crippen LogP contribution < -0.4 is 0 Å². The highest BCUT2D eigenvalue weighted by Crippen LogP contribution is 2.13. The fourth-order valence-corrected chi connectivity index (χ4v) is 0.986. The van der Waals surface area contributed by atoms with Gasteiger partial charge in [-0.25, -0.2) is 0 Å². The molecule has 0 saturated carbocycles. The van der Waals surface area contributed by atoms with E-state index in [1.807, 2.05) is 6.07 Å². The largest absolute Gasteiger partial charge is 0.272 e. The molecule has 0 spiro atoms. The molecule has 3 heteroatoms. The van der Waals surface area contributed by atoms with Crippen LogP contribution in [0.1, 0.15) is 12.5 Å². The van der Waals surface area contributed by atoms with Gasteiger partial charge in [0.05, 0.1) is 10.5 Å². The van der Waals surface area contributed by atoms with Crippen molar-refractivity contribution in [1.29, 1.82) is 0 Å². The van der Waals surface area contributed by atoms with E-state index in [2.05, 4.69) is 0 Å². The Balaban J connectivity index is 3.05. The highest BCUT2D eigenvalue weighted by atomic mass is 16.6. The molecular weight excluding hydrogens is 154 g/mol. The molecule has 0 aliphatic heterocycles. The first kappa shape index (κ1) is 8.46. The van der Waals surface area contributed by atoms with E-state index < -0.39 is 0 Å². The van der Waals surface area contributed by atoms with Crippen LogP contribution in [0.15, 0.2) is 36.4 Å². The van der Waals surface area contributed by atoms with Crippen molar-refractivity contribution in [3.8, 4) is 0 Å². The average molecular weight is 163 g/mol. The summed E-state index contributed by atoms with van der Waals surface area (Å²) in [6.07, 6.45) is 1.50. The van der Waals surface area contributed by atoms with Gasteiger partial charge in [0.15, 0.2) is 0 Å². The van der Waals surface area contributed by atoms with Crippen LogP contribution in [0.5, 0.6) is 0 Å². The molecule has 1 rings (SSSR count). The minimum absolute atomic E-state index is 0.149. The molecule has 0 N–H and O–H groups in total. The highest BCUT2D eigenvalue weighted by Gasteiger charge is 2.10. The summed E-state index contributed by atoms with van der Waals surface area (Å²) in [6, 6.07) is 8.83. The van der Waals surface area contributed by atoms with Crippen LogP contribution in [0, 0.1) is 10.1 Å². The summed E-state index contributed by atoms with van der Waals surface area (Å²) >= 11 is 0. The smallest absolute Gasteiger partial charge is 0.258 e. The van der Waals surface area contributed by atoms with E-state index in [1.54, 1.807) is 31.2 Å². The van der Waals surface area contributed by atoms with Gasteiger partial charge in [0.25, 0.3) is 5.70 Å². The maximum atomic E-state index is 10.5. The summed E-state index contributed by atoms with van der Waals surface area (Å²) in [6.45, 7) is 1.66. The Morgan fingerprint density at radius 1 is 1.42 bits per heavy atom. The molecule has 0 radical (unpaired) electrons. The van der Waals surface area contributed by atoms with Crippen molar-refractivity contribution < 1.29 is 4.92 Å². The Hall–Kier alpha value is -1.64. The molecule has 1 aromatic rings. The van der Waals surface area contributed by atoms with E-state index in [4.69, 9.17) is 0 Å². The highest BCUT2D eigenvalue weighted by molar-refractivity contribution is 5.57. The predicted molar refractivity (Wildman–Crippen MR) is 47.1 cm³/mol. The van der Waals surface area contributed by atoms with Crippen LogP contribution in [0.4, 0.5) is 0 Å². The van der Waals surface area contributed by atoms with Crippen molar-refractivity contribution in [2.24, 2.45) is 0 Å². The predicted octanol–water partition coefficient (Wildman–Crippen LogP) is 2.32. The Kier molecular flexibility index (Phi) is 2.58. The number of hydrogen-bond acceptors (Lipinski definition) is 2. The van der Waals surface area contributed by atoms with E-state index in [-0.39, 0.29) is 10.6 Å². The van der Waals surface area contributed by atoms with Crippen LogP contribution in [-0.4, -0.2) is 4.92 Å². The molecule has 0 heterocycles. The van der Waals surface area contributed by atoms with Gasteiger partial charge in [0.2, 0.25) is 0 Å². The van der Waals surface area contributed by atoms with Crippen molar-refractivity contribution in [1.82, 2.24) is 0 Å². The van der Waals surface area contributed by atoms with Gasteiger partial charge in [0, 0.05) is 0 Å². The first-order valence-electron chi connectivity index (χ1n) is 3.62. The molecule has 0 aliphatic rings. The molecule has 3 nitrogen and oxygen atoms in total. The maximum absolute atomic E-state index is 10.5. The molecule has 12 heavy (non-hydrogen) atoms. The van der Waals surface area contributed by atoms with Gasteiger partial charge >= 0.3 is 0 Å². The lowest BCUT2D eigenvalue weighted by molar-refractivity contribution is -0.375. The van der Waals surface area contributed by atoms with Gasteiger partial charge in [-0.05, 0) is 25.1 Å².